The van der Waals surface area contributed by atoms with Crippen molar-refractivity contribution in [1.82, 2.24) is 4.90 Å². The Morgan fingerprint density at radius 2 is 1.71 bits per heavy atom. The van der Waals surface area contributed by atoms with Gasteiger partial charge in [0.1, 0.15) is 19.0 Å². The summed E-state index contributed by atoms with van der Waals surface area (Å²) in [5, 5.41) is 6.15. The van der Waals surface area contributed by atoms with Crippen LogP contribution in [0.5, 0.6) is 11.5 Å². The molecule has 0 aliphatic carbocycles. The van der Waals surface area contributed by atoms with Gasteiger partial charge >= 0.3 is 0 Å². The van der Waals surface area contributed by atoms with Gasteiger partial charge in [-0.1, -0.05) is 0 Å². The second kappa shape index (κ2) is 10.5. The maximum Gasteiger partial charge on any atom is 0.258 e. The molecule has 8 nitrogen and oxygen atoms in total. The van der Waals surface area contributed by atoms with Gasteiger partial charge in [0.15, 0.2) is 11.5 Å². The Bertz CT molecular complexity index is 1420. The van der Waals surface area contributed by atoms with Crippen LogP contribution in [0.4, 0.5) is 21.5 Å². The first-order valence-corrected chi connectivity index (χ1v) is 12.3. The van der Waals surface area contributed by atoms with E-state index < -0.39 is 5.82 Å². The summed E-state index contributed by atoms with van der Waals surface area (Å²) in [6, 6.07) is 17.1. The Labute approximate surface area is 220 Å². The fourth-order valence-corrected chi connectivity index (χ4v) is 4.41. The molecule has 2 N–H and O–H groups in total. The lowest BCUT2D eigenvalue weighted by molar-refractivity contribution is -0.118. The molecule has 0 saturated heterocycles. The quantitative estimate of drug-likeness (QED) is 0.452. The summed E-state index contributed by atoms with van der Waals surface area (Å²) in [5.74, 6) is 0.461. The number of hydrogen-bond donors (Lipinski definition) is 2. The fraction of sp³-hybridized carbons (Fsp3) is 0.241. The summed E-state index contributed by atoms with van der Waals surface area (Å²) in [6.07, 6.45) is 0.416. The minimum Gasteiger partial charge on any atom is -0.486 e. The highest BCUT2D eigenvalue weighted by Crippen LogP contribution is 2.40. The van der Waals surface area contributed by atoms with Crippen molar-refractivity contribution in [3.8, 4) is 11.5 Å². The number of carbonyl (C=O) groups excluding carboxylic acids is 2. The number of ether oxygens (including phenoxy) is 2. The number of nitrogens with one attached hydrogen (secondary N) is 2. The van der Waals surface area contributed by atoms with Crippen molar-refractivity contribution in [1.29, 1.82) is 0 Å². The average Bonchev–Trinajstić information content (AvgIpc) is 3.24. The molecular weight excluding hydrogens is 487 g/mol. The van der Waals surface area contributed by atoms with Crippen LogP contribution in [0.15, 0.2) is 60.7 Å². The molecule has 0 bridgehead atoms. The van der Waals surface area contributed by atoms with Crippen LogP contribution in [0.1, 0.15) is 17.5 Å². The van der Waals surface area contributed by atoms with Crippen LogP contribution in [0.3, 0.4) is 0 Å². The van der Waals surface area contributed by atoms with Gasteiger partial charge in [0.25, 0.3) is 5.91 Å². The SMILES string of the molecule is CN(C)CCC(=O)N(C)c1ccc(N/C(=C2\C(=O)Nc3cc(F)ccc32)c2ccc3c(c2)OCCO3)cc1. The molecule has 3 aromatic carbocycles. The van der Waals surface area contributed by atoms with Crippen molar-refractivity contribution in [2.24, 2.45) is 0 Å². The summed E-state index contributed by atoms with van der Waals surface area (Å²) in [7, 11) is 5.62. The number of amides is 2. The molecule has 2 heterocycles. The highest BCUT2D eigenvalue weighted by atomic mass is 19.1. The summed E-state index contributed by atoms with van der Waals surface area (Å²) in [6.45, 7) is 1.57. The van der Waals surface area contributed by atoms with Crippen LogP contribution >= 0.6 is 0 Å². The number of fused-ring (bicyclic) bond motifs is 2. The number of carbonyl (C=O) groups is 2. The normalized spacial score (nSPS) is 15.1. The van der Waals surface area contributed by atoms with Crippen LogP contribution < -0.4 is 25.0 Å². The predicted octanol–water partition coefficient (Wildman–Crippen LogP) is 4.44. The Balaban J connectivity index is 1.50. The number of rotatable bonds is 7. The van der Waals surface area contributed by atoms with E-state index in [4.69, 9.17) is 9.47 Å². The van der Waals surface area contributed by atoms with Crippen LogP contribution in [0, 0.1) is 5.82 Å². The van der Waals surface area contributed by atoms with Gasteiger partial charge in [-0.15, -0.1) is 0 Å². The van der Waals surface area contributed by atoms with Crippen LogP contribution in [-0.2, 0) is 9.59 Å². The Hall–Kier alpha value is -4.37. The molecule has 2 aliphatic rings. The Morgan fingerprint density at radius 3 is 2.45 bits per heavy atom. The van der Waals surface area contributed by atoms with Gasteiger partial charge in [-0.05, 0) is 74.8 Å². The van der Waals surface area contributed by atoms with Crippen molar-refractivity contribution in [2.45, 2.75) is 6.42 Å². The van der Waals surface area contributed by atoms with E-state index in [1.807, 2.05) is 61.5 Å². The molecule has 0 saturated carbocycles. The van der Waals surface area contributed by atoms with E-state index in [-0.39, 0.29) is 11.8 Å². The summed E-state index contributed by atoms with van der Waals surface area (Å²) >= 11 is 0. The van der Waals surface area contributed by atoms with Crippen molar-refractivity contribution in [3.63, 3.8) is 0 Å². The molecule has 5 rings (SSSR count). The van der Waals surface area contributed by atoms with Crippen molar-refractivity contribution >= 4 is 40.1 Å². The monoisotopic (exact) mass is 516 g/mol. The van der Waals surface area contributed by atoms with Gasteiger partial charge in [-0.2, -0.15) is 0 Å². The molecule has 0 aromatic heterocycles. The van der Waals surface area contributed by atoms with E-state index in [0.717, 1.165) is 5.69 Å². The molecule has 0 radical (unpaired) electrons. The lowest BCUT2D eigenvalue weighted by Crippen LogP contribution is -2.29. The van der Waals surface area contributed by atoms with Crippen LogP contribution in [0.2, 0.25) is 0 Å². The molecule has 0 unspecified atom stereocenters. The molecule has 38 heavy (non-hydrogen) atoms. The van der Waals surface area contributed by atoms with E-state index in [1.54, 1.807) is 18.0 Å². The summed E-state index contributed by atoms with van der Waals surface area (Å²) in [4.78, 5) is 29.3. The molecule has 0 spiro atoms. The number of benzene rings is 3. The van der Waals surface area contributed by atoms with Gasteiger partial charge in [-0.25, -0.2) is 4.39 Å². The molecule has 0 atom stereocenters. The maximum atomic E-state index is 13.9. The highest BCUT2D eigenvalue weighted by Gasteiger charge is 2.29. The molecule has 9 heteroatoms. The first-order chi connectivity index (χ1) is 18.3. The number of nitrogens with zero attached hydrogens (tertiary/aromatic N) is 2. The van der Waals surface area contributed by atoms with Gasteiger partial charge in [-0.3, -0.25) is 9.59 Å². The number of halogens is 1. The third kappa shape index (κ3) is 5.19. The van der Waals surface area contributed by atoms with E-state index >= 15 is 0 Å². The summed E-state index contributed by atoms with van der Waals surface area (Å²) < 4.78 is 25.3. The highest BCUT2D eigenvalue weighted by molar-refractivity contribution is 6.37. The average molecular weight is 517 g/mol. The smallest absolute Gasteiger partial charge is 0.258 e. The third-order valence-corrected chi connectivity index (χ3v) is 6.48. The molecule has 196 valence electrons. The fourth-order valence-electron chi connectivity index (χ4n) is 4.41. The van der Waals surface area contributed by atoms with Gasteiger partial charge in [0.05, 0.1) is 17.0 Å². The zero-order valence-corrected chi connectivity index (χ0v) is 21.5. The lowest BCUT2D eigenvalue weighted by Gasteiger charge is -2.21. The van der Waals surface area contributed by atoms with Gasteiger partial charge < -0.3 is 29.9 Å². The van der Waals surface area contributed by atoms with Crippen LogP contribution in [0.25, 0.3) is 11.3 Å². The molecular formula is C29H29FN4O4. The van der Waals surface area contributed by atoms with Gasteiger partial charge in [0.2, 0.25) is 5.91 Å². The predicted molar refractivity (Wildman–Crippen MR) is 146 cm³/mol. The molecule has 2 amide bonds. The zero-order valence-electron chi connectivity index (χ0n) is 21.5. The topological polar surface area (TPSA) is 83.1 Å². The van der Waals surface area contributed by atoms with E-state index in [1.165, 1.54) is 12.1 Å². The largest absolute Gasteiger partial charge is 0.486 e. The maximum absolute atomic E-state index is 13.9. The second-order valence-corrected chi connectivity index (χ2v) is 9.43. The van der Waals surface area contributed by atoms with Crippen molar-refractivity contribution in [3.05, 3.63) is 77.6 Å². The van der Waals surface area contributed by atoms with Crippen molar-refractivity contribution < 1.29 is 23.5 Å². The van der Waals surface area contributed by atoms with E-state index in [0.29, 0.717) is 71.5 Å². The second-order valence-electron chi connectivity index (χ2n) is 9.43. The minimum absolute atomic E-state index is 0.0185. The number of hydrogen-bond acceptors (Lipinski definition) is 6. The first kappa shape index (κ1) is 25.3. The van der Waals surface area contributed by atoms with Gasteiger partial charge in [0, 0.05) is 42.5 Å². The lowest BCUT2D eigenvalue weighted by atomic mass is 9.99. The first-order valence-electron chi connectivity index (χ1n) is 12.3. The van der Waals surface area contributed by atoms with E-state index in [9.17, 15) is 14.0 Å². The molecule has 0 fully saturated rings. The van der Waals surface area contributed by atoms with Crippen molar-refractivity contribution in [2.75, 3.05) is 56.4 Å². The van der Waals surface area contributed by atoms with Crippen LogP contribution in [-0.4, -0.2) is 57.6 Å². The molecule has 2 aliphatic heterocycles. The van der Waals surface area contributed by atoms with E-state index in [2.05, 4.69) is 10.6 Å². The third-order valence-electron chi connectivity index (χ3n) is 6.48. The Morgan fingerprint density at radius 1 is 0.974 bits per heavy atom. The zero-order chi connectivity index (χ0) is 26.8. The Kier molecular flexibility index (Phi) is 7.02. The standard InChI is InChI=1S/C29H29FN4O4/c1-33(2)13-12-26(35)34(3)21-8-6-20(7-9-21)31-28(18-4-11-24-25(16-18)38-15-14-37-24)27-22-10-5-19(30)17-23(22)32-29(27)36/h4-11,16-17,31H,12-15H2,1-3H3,(H,32,36)/b28-27-. The minimum atomic E-state index is -0.432. The number of anilines is 3. The molecule has 3 aromatic rings. The summed E-state index contributed by atoms with van der Waals surface area (Å²) in [5.41, 5.74) is 4.10.